The molecule has 12 heavy (non-hydrogen) atoms. The standard InChI is InChI=1S/C10H21NO/c1-8(2)11-7-9-5-6-10(3,4)12-9/h8-9,11H,5-7H2,1-4H3. The van der Waals surface area contributed by atoms with Gasteiger partial charge in [0, 0.05) is 12.6 Å². The normalized spacial score (nSPS) is 28.2. The van der Waals surface area contributed by atoms with Crippen LogP contribution < -0.4 is 5.32 Å². The van der Waals surface area contributed by atoms with Crippen LogP contribution in [0.3, 0.4) is 0 Å². The molecule has 1 aliphatic heterocycles. The van der Waals surface area contributed by atoms with Gasteiger partial charge in [-0.1, -0.05) is 13.8 Å². The van der Waals surface area contributed by atoms with Crippen LogP contribution in [-0.2, 0) is 4.74 Å². The predicted molar refractivity (Wildman–Crippen MR) is 51.3 cm³/mol. The zero-order valence-electron chi connectivity index (χ0n) is 8.68. The van der Waals surface area contributed by atoms with E-state index < -0.39 is 0 Å². The highest BCUT2D eigenvalue weighted by Crippen LogP contribution is 2.28. The van der Waals surface area contributed by atoms with Crippen molar-refractivity contribution < 1.29 is 4.74 Å². The summed E-state index contributed by atoms with van der Waals surface area (Å²) in [5.74, 6) is 0. The molecule has 1 fully saturated rings. The summed E-state index contributed by atoms with van der Waals surface area (Å²) in [4.78, 5) is 0. The second kappa shape index (κ2) is 3.75. The number of hydrogen-bond donors (Lipinski definition) is 1. The first kappa shape index (κ1) is 10.0. The molecule has 0 radical (unpaired) electrons. The van der Waals surface area contributed by atoms with Gasteiger partial charge in [0.05, 0.1) is 11.7 Å². The van der Waals surface area contributed by atoms with Crippen molar-refractivity contribution in [1.82, 2.24) is 5.32 Å². The molecular formula is C10H21NO. The lowest BCUT2D eigenvalue weighted by molar-refractivity contribution is -0.0148. The Labute approximate surface area is 75.7 Å². The number of nitrogens with one attached hydrogen (secondary N) is 1. The van der Waals surface area contributed by atoms with Crippen molar-refractivity contribution >= 4 is 0 Å². The lowest BCUT2D eigenvalue weighted by atomic mass is 10.1. The van der Waals surface area contributed by atoms with Gasteiger partial charge in [0.1, 0.15) is 0 Å². The first-order valence-electron chi connectivity index (χ1n) is 4.91. The summed E-state index contributed by atoms with van der Waals surface area (Å²) in [6, 6.07) is 0.567. The summed E-state index contributed by atoms with van der Waals surface area (Å²) in [7, 11) is 0. The third kappa shape index (κ3) is 3.11. The second-order valence-electron chi connectivity index (χ2n) is 4.60. The van der Waals surface area contributed by atoms with Crippen molar-refractivity contribution in [2.75, 3.05) is 6.54 Å². The summed E-state index contributed by atoms with van der Waals surface area (Å²) >= 11 is 0. The molecule has 0 aromatic carbocycles. The molecule has 1 rings (SSSR count). The van der Waals surface area contributed by atoms with Gasteiger partial charge in [-0.3, -0.25) is 0 Å². The topological polar surface area (TPSA) is 21.3 Å². The Hall–Kier alpha value is -0.0800. The molecule has 1 heterocycles. The first-order valence-corrected chi connectivity index (χ1v) is 4.91. The van der Waals surface area contributed by atoms with E-state index >= 15 is 0 Å². The van der Waals surface area contributed by atoms with E-state index in [0.29, 0.717) is 12.1 Å². The molecule has 1 aliphatic rings. The van der Waals surface area contributed by atoms with Gasteiger partial charge in [0.15, 0.2) is 0 Å². The maximum Gasteiger partial charge on any atom is 0.0707 e. The van der Waals surface area contributed by atoms with Crippen molar-refractivity contribution in [2.45, 2.75) is 58.3 Å². The highest BCUT2D eigenvalue weighted by molar-refractivity contribution is 4.82. The third-order valence-corrected chi connectivity index (χ3v) is 2.31. The van der Waals surface area contributed by atoms with E-state index in [1.807, 2.05) is 0 Å². The molecule has 1 N–H and O–H groups in total. The fraction of sp³-hybridized carbons (Fsp3) is 1.00. The van der Waals surface area contributed by atoms with E-state index in [1.54, 1.807) is 0 Å². The van der Waals surface area contributed by atoms with E-state index in [4.69, 9.17) is 4.74 Å². The van der Waals surface area contributed by atoms with Crippen molar-refractivity contribution in [1.29, 1.82) is 0 Å². The minimum atomic E-state index is 0.114. The van der Waals surface area contributed by atoms with Crippen LogP contribution in [0.25, 0.3) is 0 Å². The molecule has 2 heteroatoms. The summed E-state index contributed by atoms with van der Waals surface area (Å²) in [5.41, 5.74) is 0.114. The molecule has 1 saturated heterocycles. The van der Waals surface area contributed by atoms with Crippen LogP contribution in [0.1, 0.15) is 40.5 Å². The molecular weight excluding hydrogens is 150 g/mol. The van der Waals surface area contributed by atoms with Crippen molar-refractivity contribution in [3.63, 3.8) is 0 Å². The van der Waals surface area contributed by atoms with Gasteiger partial charge in [-0.05, 0) is 26.7 Å². The Morgan fingerprint density at radius 2 is 2.17 bits per heavy atom. The van der Waals surface area contributed by atoms with Crippen LogP contribution in [0.2, 0.25) is 0 Å². The monoisotopic (exact) mass is 171 g/mol. The molecule has 1 atom stereocenters. The molecule has 0 spiro atoms. The van der Waals surface area contributed by atoms with Crippen LogP contribution in [0.5, 0.6) is 0 Å². The van der Waals surface area contributed by atoms with E-state index in [0.717, 1.165) is 6.54 Å². The summed E-state index contributed by atoms with van der Waals surface area (Å²) in [6.07, 6.45) is 2.83. The van der Waals surface area contributed by atoms with E-state index in [9.17, 15) is 0 Å². The smallest absolute Gasteiger partial charge is 0.0707 e. The lowest BCUT2D eigenvalue weighted by Gasteiger charge is -2.20. The zero-order chi connectivity index (χ0) is 9.19. The maximum atomic E-state index is 5.84. The summed E-state index contributed by atoms with van der Waals surface area (Å²) in [6.45, 7) is 9.67. The van der Waals surface area contributed by atoms with Crippen LogP contribution in [-0.4, -0.2) is 24.3 Å². The molecule has 0 aromatic rings. The Morgan fingerprint density at radius 1 is 1.50 bits per heavy atom. The Balaban J connectivity index is 2.20. The lowest BCUT2D eigenvalue weighted by Crippen LogP contribution is -2.33. The van der Waals surface area contributed by atoms with Crippen LogP contribution in [0.15, 0.2) is 0 Å². The average Bonchev–Trinajstić information content (AvgIpc) is 2.26. The SMILES string of the molecule is CC(C)NCC1CCC(C)(C)O1. The van der Waals surface area contributed by atoms with Crippen molar-refractivity contribution in [2.24, 2.45) is 0 Å². The molecule has 0 amide bonds. The maximum absolute atomic E-state index is 5.84. The zero-order valence-corrected chi connectivity index (χ0v) is 8.68. The summed E-state index contributed by atoms with van der Waals surface area (Å²) in [5, 5.41) is 3.40. The first-order chi connectivity index (χ1) is 5.49. The number of hydrogen-bond acceptors (Lipinski definition) is 2. The van der Waals surface area contributed by atoms with Crippen LogP contribution in [0.4, 0.5) is 0 Å². The van der Waals surface area contributed by atoms with Crippen molar-refractivity contribution in [3.8, 4) is 0 Å². The Kier molecular flexibility index (Phi) is 3.13. The van der Waals surface area contributed by atoms with Crippen LogP contribution in [0, 0.1) is 0 Å². The number of ether oxygens (including phenoxy) is 1. The molecule has 2 nitrogen and oxygen atoms in total. The van der Waals surface area contributed by atoms with Gasteiger partial charge < -0.3 is 10.1 Å². The highest BCUT2D eigenvalue weighted by atomic mass is 16.5. The average molecular weight is 171 g/mol. The predicted octanol–water partition coefficient (Wildman–Crippen LogP) is 1.94. The Bertz CT molecular complexity index is 143. The molecule has 0 aliphatic carbocycles. The van der Waals surface area contributed by atoms with Gasteiger partial charge in [0.2, 0.25) is 0 Å². The number of rotatable bonds is 3. The van der Waals surface area contributed by atoms with Gasteiger partial charge >= 0.3 is 0 Å². The largest absolute Gasteiger partial charge is 0.371 e. The fourth-order valence-electron chi connectivity index (χ4n) is 1.59. The van der Waals surface area contributed by atoms with E-state index in [2.05, 4.69) is 33.0 Å². The van der Waals surface area contributed by atoms with Gasteiger partial charge in [-0.2, -0.15) is 0 Å². The molecule has 0 bridgehead atoms. The minimum Gasteiger partial charge on any atom is -0.371 e. The van der Waals surface area contributed by atoms with E-state index in [-0.39, 0.29) is 5.60 Å². The van der Waals surface area contributed by atoms with Gasteiger partial charge in [-0.15, -0.1) is 0 Å². The second-order valence-corrected chi connectivity index (χ2v) is 4.60. The molecule has 72 valence electrons. The van der Waals surface area contributed by atoms with Crippen LogP contribution >= 0.6 is 0 Å². The molecule has 0 aromatic heterocycles. The van der Waals surface area contributed by atoms with Crippen molar-refractivity contribution in [3.05, 3.63) is 0 Å². The van der Waals surface area contributed by atoms with Gasteiger partial charge in [-0.25, -0.2) is 0 Å². The quantitative estimate of drug-likeness (QED) is 0.700. The van der Waals surface area contributed by atoms with Gasteiger partial charge in [0.25, 0.3) is 0 Å². The highest BCUT2D eigenvalue weighted by Gasteiger charge is 2.31. The molecule has 0 saturated carbocycles. The fourth-order valence-corrected chi connectivity index (χ4v) is 1.59. The Morgan fingerprint density at radius 3 is 2.58 bits per heavy atom. The summed E-state index contributed by atoms with van der Waals surface area (Å²) < 4.78 is 5.84. The molecule has 1 unspecified atom stereocenters. The van der Waals surface area contributed by atoms with E-state index in [1.165, 1.54) is 12.8 Å². The third-order valence-electron chi connectivity index (χ3n) is 2.31. The minimum absolute atomic E-state index is 0.114.